The Morgan fingerprint density at radius 1 is 1.17 bits per heavy atom. The number of hydrogen-bond donors (Lipinski definition) is 3. The van der Waals surface area contributed by atoms with Crippen LogP contribution in [0.1, 0.15) is 20.7 Å². The number of amides is 1. The van der Waals surface area contributed by atoms with Crippen LogP contribution in [0.5, 0.6) is 11.5 Å². The number of nitrogens with zero attached hydrogens (tertiary/aromatic N) is 1. The molecule has 0 fully saturated rings. The van der Waals surface area contributed by atoms with Crippen LogP contribution in [0.2, 0.25) is 0 Å². The van der Waals surface area contributed by atoms with Crippen LogP contribution < -0.4 is 10.8 Å². The van der Waals surface area contributed by atoms with E-state index in [0.29, 0.717) is 17.3 Å². The van der Waals surface area contributed by atoms with Crippen molar-refractivity contribution in [3.05, 3.63) is 65.2 Å². The number of rotatable bonds is 3. The molecule has 0 atom stereocenters. The second kappa shape index (κ2) is 6.25. The highest BCUT2D eigenvalue weighted by Crippen LogP contribution is 2.18. The van der Waals surface area contributed by atoms with Gasteiger partial charge in [-0.25, -0.2) is 5.43 Å². The number of aldehydes is 1. The molecule has 0 unspecified atom stereocenters. The monoisotopic (exact) mass is 324 g/mol. The van der Waals surface area contributed by atoms with E-state index in [2.05, 4.69) is 10.5 Å². The van der Waals surface area contributed by atoms with E-state index < -0.39 is 5.91 Å². The van der Waals surface area contributed by atoms with Gasteiger partial charge in [0.2, 0.25) is 0 Å². The third-order valence-corrected chi connectivity index (χ3v) is 3.35. The fourth-order valence-corrected chi connectivity index (χ4v) is 2.18. The lowest BCUT2D eigenvalue weighted by Crippen LogP contribution is -2.23. The lowest BCUT2D eigenvalue weighted by molar-refractivity contribution is 0.0949. The van der Waals surface area contributed by atoms with Crippen molar-refractivity contribution in [2.75, 3.05) is 0 Å². The summed E-state index contributed by atoms with van der Waals surface area (Å²) in [6.45, 7) is 0. The Morgan fingerprint density at radius 3 is 2.71 bits per heavy atom. The van der Waals surface area contributed by atoms with E-state index in [4.69, 9.17) is 4.42 Å². The zero-order chi connectivity index (χ0) is 17.1. The van der Waals surface area contributed by atoms with Gasteiger partial charge in [0.05, 0.1) is 11.1 Å². The van der Waals surface area contributed by atoms with Crippen LogP contribution in [-0.2, 0) is 0 Å². The number of aromatic hydroxyl groups is 2. The minimum atomic E-state index is -0.640. The average Bonchev–Trinajstić information content (AvgIpc) is 2.59. The molecule has 0 saturated heterocycles. The Morgan fingerprint density at radius 2 is 1.96 bits per heavy atom. The molecule has 0 spiro atoms. The second-order valence-corrected chi connectivity index (χ2v) is 4.91. The van der Waals surface area contributed by atoms with Crippen molar-refractivity contribution in [3.8, 4) is 11.5 Å². The molecule has 0 radical (unpaired) electrons. The quantitative estimate of drug-likeness (QED) is 0.503. The van der Waals surface area contributed by atoms with Gasteiger partial charge < -0.3 is 14.6 Å². The highest BCUT2D eigenvalue weighted by Gasteiger charge is 2.10. The Bertz CT molecular complexity index is 1010. The number of phenols is 2. The van der Waals surface area contributed by atoms with E-state index in [0.717, 1.165) is 0 Å². The van der Waals surface area contributed by atoms with Crippen molar-refractivity contribution >= 4 is 23.2 Å². The average molecular weight is 324 g/mol. The first kappa shape index (κ1) is 15.3. The van der Waals surface area contributed by atoms with Gasteiger partial charge in [-0.05, 0) is 30.3 Å². The van der Waals surface area contributed by atoms with Crippen molar-refractivity contribution in [2.45, 2.75) is 0 Å². The van der Waals surface area contributed by atoms with Crippen LogP contribution in [0.3, 0.4) is 0 Å². The molecule has 120 valence electrons. The van der Waals surface area contributed by atoms with Gasteiger partial charge in [-0.1, -0.05) is 12.1 Å². The normalized spacial score (nSPS) is 11.4. The number of phenolic OH excluding ortho intramolecular Hbond substituents is 2. The largest absolute Gasteiger partial charge is 0.508 e. The predicted molar refractivity (Wildman–Crippen MR) is 84.4 cm³/mol. The summed E-state index contributed by atoms with van der Waals surface area (Å²) in [5.74, 6) is -0.866. The molecular weight excluding hydrogens is 312 g/mol. The van der Waals surface area contributed by atoms with Gasteiger partial charge in [0.15, 0.2) is 6.29 Å². The third kappa shape index (κ3) is 2.82. The maximum absolute atomic E-state index is 12.1. The number of para-hydroxylation sites is 1. The van der Waals surface area contributed by atoms with Gasteiger partial charge in [0.25, 0.3) is 5.91 Å². The number of carbonyl (C=O) groups excluding carboxylic acids is 2. The molecule has 1 amide bonds. The summed E-state index contributed by atoms with van der Waals surface area (Å²) < 4.78 is 5.28. The molecule has 24 heavy (non-hydrogen) atoms. The highest BCUT2D eigenvalue weighted by atomic mass is 16.3. The van der Waals surface area contributed by atoms with E-state index in [1.165, 1.54) is 36.6 Å². The molecule has 1 heterocycles. The molecule has 0 aliphatic heterocycles. The minimum absolute atomic E-state index is 0.0378. The van der Waals surface area contributed by atoms with Gasteiger partial charge in [0.1, 0.15) is 28.7 Å². The Hall–Kier alpha value is -3.61. The Balaban J connectivity index is 2.09. The van der Waals surface area contributed by atoms with Crippen LogP contribution in [-0.4, -0.2) is 22.4 Å². The molecule has 0 aliphatic carbocycles. The molecule has 3 N–H and O–H groups in total. The first-order valence-electron chi connectivity index (χ1n) is 6.92. The summed E-state index contributed by atoms with van der Waals surface area (Å²) in [5, 5.41) is 23.8. The number of benzene rings is 2. The zero-order valence-corrected chi connectivity index (χ0v) is 12.3. The molecule has 7 heteroatoms. The predicted octanol–water partition coefficient (Wildman–Crippen LogP) is 1.90. The summed E-state index contributed by atoms with van der Waals surface area (Å²) >= 11 is 0. The third-order valence-electron chi connectivity index (χ3n) is 3.35. The first-order chi connectivity index (χ1) is 11.6. The fourth-order valence-electron chi connectivity index (χ4n) is 2.18. The van der Waals surface area contributed by atoms with Crippen molar-refractivity contribution in [1.29, 1.82) is 0 Å². The van der Waals surface area contributed by atoms with Crippen LogP contribution in [0, 0.1) is 0 Å². The van der Waals surface area contributed by atoms with Gasteiger partial charge in [0, 0.05) is 5.39 Å². The standard InChI is InChI=1S/C17H12N2O5/c20-8-10-9-24-15-6-5-11(21)7-13(15)16(10)18-19-17(23)12-3-1-2-4-14(12)22/h1-9,21-22H,(H,19,23). The molecule has 0 saturated carbocycles. The maximum Gasteiger partial charge on any atom is 0.275 e. The molecule has 0 bridgehead atoms. The lowest BCUT2D eigenvalue weighted by Gasteiger charge is -2.04. The van der Waals surface area contributed by atoms with E-state index in [1.54, 1.807) is 12.1 Å². The summed E-state index contributed by atoms with van der Waals surface area (Å²) in [6, 6.07) is 10.3. The topological polar surface area (TPSA) is 112 Å². The number of carbonyl (C=O) groups is 2. The van der Waals surface area contributed by atoms with Crippen LogP contribution in [0.4, 0.5) is 0 Å². The second-order valence-electron chi connectivity index (χ2n) is 4.91. The Labute approximate surface area is 135 Å². The molecule has 3 rings (SSSR count). The van der Waals surface area contributed by atoms with Crippen LogP contribution in [0.25, 0.3) is 11.0 Å². The number of fused-ring (bicyclic) bond motifs is 1. The van der Waals surface area contributed by atoms with Crippen molar-refractivity contribution in [3.63, 3.8) is 0 Å². The maximum atomic E-state index is 12.1. The SMILES string of the molecule is O=Cc1coc2ccc(O)cc2c1=NNC(=O)c1ccccc1O. The molecule has 7 nitrogen and oxygen atoms in total. The van der Waals surface area contributed by atoms with E-state index in [9.17, 15) is 19.8 Å². The van der Waals surface area contributed by atoms with Crippen LogP contribution >= 0.6 is 0 Å². The van der Waals surface area contributed by atoms with E-state index in [1.807, 2.05) is 0 Å². The van der Waals surface area contributed by atoms with Gasteiger partial charge >= 0.3 is 0 Å². The Kier molecular flexibility index (Phi) is 3.98. The van der Waals surface area contributed by atoms with Gasteiger partial charge in [-0.2, -0.15) is 5.10 Å². The molecular formula is C17H12N2O5. The van der Waals surface area contributed by atoms with E-state index >= 15 is 0 Å². The number of hydrogen-bond acceptors (Lipinski definition) is 6. The molecule has 0 aliphatic rings. The lowest BCUT2D eigenvalue weighted by atomic mass is 10.1. The van der Waals surface area contributed by atoms with Crippen molar-refractivity contribution in [1.82, 2.24) is 5.43 Å². The smallest absolute Gasteiger partial charge is 0.275 e. The van der Waals surface area contributed by atoms with E-state index in [-0.39, 0.29) is 28.0 Å². The number of nitrogens with one attached hydrogen (secondary N) is 1. The van der Waals surface area contributed by atoms with Gasteiger partial charge in [-0.3, -0.25) is 9.59 Å². The summed E-state index contributed by atoms with van der Waals surface area (Å²) in [6.07, 6.45) is 1.73. The zero-order valence-electron chi connectivity index (χ0n) is 12.3. The minimum Gasteiger partial charge on any atom is -0.508 e. The van der Waals surface area contributed by atoms with Gasteiger partial charge in [-0.15, -0.1) is 0 Å². The molecule has 3 aromatic rings. The summed E-state index contributed by atoms with van der Waals surface area (Å²) in [7, 11) is 0. The first-order valence-corrected chi connectivity index (χ1v) is 6.92. The summed E-state index contributed by atoms with van der Waals surface area (Å²) in [5.41, 5.74) is 2.82. The molecule has 1 aromatic heterocycles. The fraction of sp³-hybridized carbons (Fsp3) is 0. The van der Waals surface area contributed by atoms with Crippen LogP contribution in [0.15, 0.2) is 58.2 Å². The van der Waals surface area contributed by atoms with Crippen molar-refractivity contribution in [2.24, 2.45) is 5.10 Å². The summed E-state index contributed by atoms with van der Waals surface area (Å²) in [4.78, 5) is 23.3. The molecule has 2 aromatic carbocycles. The highest BCUT2D eigenvalue weighted by molar-refractivity contribution is 5.96. The van der Waals surface area contributed by atoms with Crippen molar-refractivity contribution < 1.29 is 24.2 Å².